The number of nitrogens with two attached hydrogens (primary N) is 1. The molecule has 0 spiro atoms. The Morgan fingerprint density at radius 2 is 2.19 bits per heavy atom. The average molecular weight is 311 g/mol. The van der Waals surface area contributed by atoms with Gasteiger partial charge in [-0.2, -0.15) is 11.8 Å². The van der Waals surface area contributed by atoms with Gasteiger partial charge in [0, 0.05) is 23.6 Å². The summed E-state index contributed by atoms with van der Waals surface area (Å²) in [4.78, 5) is 21.2. The number of nitrogens with zero attached hydrogens (tertiary/aromatic N) is 1. The topological polar surface area (TPSA) is 140 Å². The van der Waals surface area contributed by atoms with Crippen LogP contribution >= 0.6 is 11.8 Å². The molecule has 3 rings (SSSR count). The molecule has 9 heteroatoms. The van der Waals surface area contributed by atoms with Crippen molar-refractivity contribution in [3.8, 4) is 0 Å². The number of H-pyrrole nitrogens is 2. The van der Waals surface area contributed by atoms with Crippen LogP contribution < -0.4 is 16.6 Å². The largest absolute Gasteiger partial charge is 0.389 e. The van der Waals surface area contributed by atoms with Crippen molar-refractivity contribution in [1.29, 1.82) is 0 Å². The van der Waals surface area contributed by atoms with Crippen LogP contribution in [-0.2, 0) is 0 Å². The number of aromatic amines is 2. The van der Waals surface area contributed by atoms with E-state index in [-0.39, 0.29) is 17.5 Å². The van der Waals surface area contributed by atoms with Crippen LogP contribution in [0.3, 0.4) is 0 Å². The van der Waals surface area contributed by atoms with Crippen molar-refractivity contribution in [2.45, 2.75) is 24.3 Å². The fraction of sp³-hybridized carbons (Fsp3) is 0.500. The number of anilines is 1. The second-order valence-corrected chi connectivity index (χ2v) is 6.02. The molecule has 2 aromatic rings. The van der Waals surface area contributed by atoms with Gasteiger partial charge in [-0.3, -0.25) is 9.78 Å². The average Bonchev–Trinajstić information content (AvgIpc) is 2.96. The third kappa shape index (κ3) is 2.31. The lowest BCUT2D eigenvalue weighted by molar-refractivity contribution is 0.0308. The van der Waals surface area contributed by atoms with E-state index in [1.165, 1.54) is 0 Å². The monoisotopic (exact) mass is 311 g/mol. The maximum absolute atomic E-state index is 11.8. The summed E-state index contributed by atoms with van der Waals surface area (Å²) in [5.41, 5.74) is 6.54. The van der Waals surface area contributed by atoms with Crippen molar-refractivity contribution in [3.05, 3.63) is 22.1 Å². The first-order valence-electron chi connectivity index (χ1n) is 6.50. The van der Waals surface area contributed by atoms with Gasteiger partial charge in [0.25, 0.3) is 5.56 Å². The zero-order valence-electron chi connectivity index (χ0n) is 11.3. The van der Waals surface area contributed by atoms with Crippen LogP contribution in [0.15, 0.2) is 11.0 Å². The summed E-state index contributed by atoms with van der Waals surface area (Å²) in [5.74, 6) is 0.690. The summed E-state index contributed by atoms with van der Waals surface area (Å²) < 4.78 is 0. The number of aliphatic hydroxyl groups excluding tert-OH is 2. The zero-order valence-corrected chi connectivity index (χ0v) is 12.1. The van der Waals surface area contributed by atoms with Gasteiger partial charge in [0.15, 0.2) is 0 Å². The molecule has 8 nitrogen and oxygen atoms in total. The number of fused-ring (bicyclic) bond motifs is 1. The highest BCUT2D eigenvalue weighted by Gasteiger charge is 2.42. The predicted octanol–water partition coefficient (Wildman–Crippen LogP) is -1.07. The van der Waals surface area contributed by atoms with E-state index in [1.807, 2.05) is 6.26 Å². The zero-order chi connectivity index (χ0) is 15.1. The number of aromatic nitrogens is 3. The summed E-state index contributed by atoms with van der Waals surface area (Å²) >= 11 is 1.58. The number of thioether (sulfide) groups is 1. The molecule has 4 unspecified atom stereocenters. The molecule has 21 heavy (non-hydrogen) atoms. The van der Waals surface area contributed by atoms with Crippen LogP contribution in [-0.4, -0.2) is 55.4 Å². The van der Waals surface area contributed by atoms with E-state index in [0.29, 0.717) is 22.3 Å². The van der Waals surface area contributed by atoms with Crippen molar-refractivity contribution in [2.24, 2.45) is 0 Å². The lowest BCUT2D eigenvalue weighted by atomic mass is 10.0. The van der Waals surface area contributed by atoms with Gasteiger partial charge in [0.2, 0.25) is 5.95 Å². The Balaban J connectivity index is 2.03. The standard InChI is InChI=1S/C12H17N5O3S/c1-21-3-5-9(18)10(19)7(15-5)4-2-14-8-6(4)16-12(13)17-11(8)20/h2,5,7,9-10,14-15,18-19H,3H2,1H3,(H3,13,16,17,20). The van der Waals surface area contributed by atoms with E-state index in [4.69, 9.17) is 5.73 Å². The molecular formula is C12H17N5O3S. The highest BCUT2D eigenvalue weighted by molar-refractivity contribution is 7.98. The Labute approximate surface area is 124 Å². The summed E-state index contributed by atoms with van der Waals surface area (Å²) in [6.45, 7) is 0. The van der Waals surface area contributed by atoms with Gasteiger partial charge in [0.1, 0.15) is 17.1 Å². The summed E-state index contributed by atoms with van der Waals surface area (Å²) in [7, 11) is 0. The number of nitrogens with one attached hydrogen (secondary N) is 3. The van der Waals surface area contributed by atoms with Gasteiger partial charge in [-0.15, -0.1) is 0 Å². The third-order valence-corrected chi connectivity index (χ3v) is 4.45. The summed E-state index contributed by atoms with van der Waals surface area (Å²) in [5, 5.41) is 23.5. The summed E-state index contributed by atoms with van der Waals surface area (Å²) in [6.07, 6.45) is 1.71. The van der Waals surface area contributed by atoms with Gasteiger partial charge in [-0.05, 0) is 6.26 Å². The normalized spacial score (nSPS) is 29.3. The Bertz CT molecular complexity index is 714. The minimum Gasteiger partial charge on any atom is -0.389 e. The molecule has 3 heterocycles. The van der Waals surface area contributed by atoms with Crippen LogP contribution in [0, 0.1) is 0 Å². The molecule has 1 aliphatic heterocycles. The van der Waals surface area contributed by atoms with Crippen molar-refractivity contribution >= 4 is 28.7 Å². The van der Waals surface area contributed by atoms with Gasteiger partial charge in [-0.25, -0.2) is 4.98 Å². The van der Waals surface area contributed by atoms with Crippen LogP contribution in [0.25, 0.3) is 11.0 Å². The van der Waals surface area contributed by atoms with Crippen molar-refractivity contribution < 1.29 is 10.2 Å². The number of hydrogen-bond acceptors (Lipinski definition) is 7. The minimum atomic E-state index is -0.969. The fourth-order valence-electron chi connectivity index (χ4n) is 2.75. The van der Waals surface area contributed by atoms with Crippen LogP contribution in [0.4, 0.5) is 5.95 Å². The number of hydrogen-bond donors (Lipinski definition) is 6. The van der Waals surface area contributed by atoms with Gasteiger partial charge >= 0.3 is 0 Å². The molecule has 2 aromatic heterocycles. The van der Waals surface area contributed by atoms with Crippen LogP contribution in [0.1, 0.15) is 11.6 Å². The smallest absolute Gasteiger partial charge is 0.276 e. The van der Waals surface area contributed by atoms with Gasteiger partial charge in [-0.1, -0.05) is 0 Å². The molecule has 7 N–H and O–H groups in total. The first-order valence-corrected chi connectivity index (χ1v) is 7.90. The molecule has 114 valence electrons. The molecule has 0 radical (unpaired) electrons. The number of rotatable bonds is 3. The number of aliphatic hydroxyl groups is 2. The quantitative estimate of drug-likeness (QED) is 0.424. The minimum absolute atomic E-state index is 0.0158. The van der Waals surface area contributed by atoms with Crippen molar-refractivity contribution in [3.63, 3.8) is 0 Å². The Morgan fingerprint density at radius 3 is 2.90 bits per heavy atom. The van der Waals surface area contributed by atoms with E-state index in [0.717, 1.165) is 0 Å². The molecule has 0 amide bonds. The van der Waals surface area contributed by atoms with E-state index >= 15 is 0 Å². The van der Waals surface area contributed by atoms with Crippen molar-refractivity contribution in [2.75, 3.05) is 17.7 Å². The first-order chi connectivity index (χ1) is 10.0. The Morgan fingerprint density at radius 1 is 1.43 bits per heavy atom. The Hall–Kier alpha value is -1.55. The third-order valence-electron chi connectivity index (χ3n) is 3.76. The van der Waals surface area contributed by atoms with E-state index in [2.05, 4.69) is 20.3 Å². The van der Waals surface area contributed by atoms with E-state index in [1.54, 1.807) is 18.0 Å². The number of nitrogen functional groups attached to an aromatic ring is 1. The molecule has 1 saturated heterocycles. The molecule has 4 atom stereocenters. The highest BCUT2D eigenvalue weighted by Crippen LogP contribution is 2.31. The maximum atomic E-state index is 11.8. The van der Waals surface area contributed by atoms with Crippen LogP contribution in [0.5, 0.6) is 0 Å². The molecular weight excluding hydrogens is 294 g/mol. The lowest BCUT2D eigenvalue weighted by Gasteiger charge is -2.14. The van der Waals surface area contributed by atoms with E-state index in [9.17, 15) is 15.0 Å². The van der Waals surface area contributed by atoms with Crippen molar-refractivity contribution in [1.82, 2.24) is 20.3 Å². The molecule has 1 fully saturated rings. The maximum Gasteiger partial charge on any atom is 0.276 e. The molecule has 0 aliphatic carbocycles. The summed E-state index contributed by atoms with van der Waals surface area (Å²) in [6, 6.07) is -0.719. The van der Waals surface area contributed by atoms with Gasteiger partial charge in [0.05, 0.1) is 12.1 Å². The first kappa shape index (κ1) is 14.4. The van der Waals surface area contributed by atoms with E-state index < -0.39 is 18.2 Å². The predicted molar refractivity (Wildman–Crippen MR) is 81.2 cm³/mol. The highest BCUT2D eigenvalue weighted by atomic mass is 32.2. The lowest BCUT2D eigenvalue weighted by Crippen LogP contribution is -2.34. The van der Waals surface area contributed by atoms with Crippen LogP contribution in [0.2, 0.25) is 0 Å². The molecule has 0 bridgehead atoms. The second kappa shape index (κ2) is 5.34. The fourth-order valence-corrected chi connectivity index (χ4v) is 3.40. The molecule has 1 aliphatic rings. The molecule has 0 saturated carbocycles. The SMILES string of the molecule is CSCC1NC(c2c[nH]c3c(=O)[nH]c(N)nc23)C(O)C1O. The molecule has 0 aromatic carbocycles. The second-order valence-electron chi connectivity index (χ2n) is 5.11. The van der Waals surface area contributed by atoms with Gasteiger partial charge < -0.3 is 26.2 Å². The Kier molecular flexibility index (Phi) is 3.66.